The molecular formula is C50H28. The SMILES string of the molecule is c1cc(-c2cc3cccc4c5cccc6cccc(c(c2)c34)c65)c2c(-c3cc4cccc5c6cccc7cccc(c(c3)c45)c76)cccc2c1. The van der Waals surface area contributed by atoms with Gasteiger partial charge in [-0.1, -0.05) is 146 Å². The molecular weight excluding hydrogens is 601 g/mol. The highest BCUT2D eigenvalue weighted by molar-refractivity contribution is 6.35. The second kappa shape index (κ2) is 9.56. The molecule has 0 bridgehead atoms. The van der Waals surface area contributed by atoms with Crippen LogP contribution in [0.3, 0.4) is 0 Å². The molecule has 0 saturated heterocycles. The van der Waals surface area contributed by atoms with Crippen molar-refractivity contribution in [2.75, 3.05) is 0 Å². The summed E-state index contributed by atoms with van der Waals surface area (Å²) in [6, 6.07) is 63.9. The highest BCUT2D eigenvalue weighted by atomic mass is 14.2. The lowest BCUT2D eigenvalue weighted by atomic mass is 9.85. The van der Waals surface area contributed by atoms with Gasteiger partial charge in [-0.25, -0.2) is 0 Å². The third-order valence-corrected chi connectivity index (χ3v) is 11.5. The normalized spacial score (nSPS) is 12.4. The third-order valence-electron chi connectivity index (χ3n) is 11.5. The summed E-state index contributed by atoms with van der Waals surface area (Å²) < 4.78 is 0. The molecule has 0 aromatic heterocycles. The largest absolute Gasteiger partial charge is 0.0610 e. The van der Waals surface area contributed by atoms with Gasteiger partial charge < -0.3 is 0 Å². The van der Waals surface area contributed by atoms with E-state index in [1.807, 2.05) is 0 Å². The summed E-state index contributed by atoms with van der Waals surface area (Å²) in [6.07, 6.45) is 0. The summed E-state index contributed by atoms with van der Waals surface area (Å²) in [6.45, 7) is 0. The van der Waals surface area contributed by atoms with E-state index in [-0.39, 0.29) is 0 Å². The Morgan fingerprint density at radius 2 is 0.480 bits per heavy atom. The minimum Gasteiger partial charge on any atom is -0.0610 e. The Labute approximate surface area is 288 Å². The van der Waals surface area contributed by atoms with Crippen molar-refractivity contribution in [3.05, 3.63) is 170 Å². The summed E-state index contributed by atoms with van der Waals surface area (Å²) in [5.74, 6) is 0. The standard InChI is InChI=1S/C50H28/c1-9-29-10-2-18-37(35-26-33-16-8-22-41-39-20-4-12-31-14-6-24-43(48(31)39)45(28-35)50(33)41)46(29)36(17-1)34-25-32-15-7-21-40-38-19-3-11-30-13-5-23-42(47(30)38)44(27-34)49(32)40/h1-28H. The molecule has 0 amide bonds. The van der Waals surface area contributed by atoms with Crippen LogP contribution >= 0.6 is 0 Å². The van der Waals surface area contributed by atoms with Gasteiger partial charge in [0, 0.05) is 0 Å². The van der Waals surface area contributed by atoms with E-state index in [9.17, 15) is 0 Å². The molecule has 228 valence electrons. The van der Waals surface area contributed by atoms with Crippen molar-refractivity contribution in [2.45, 2.75) is 0 Å². The van der Waals surface area contributed by atoms with Crippen LogP contribution < -0.4 is 0 Å². The van der Waals surface area contributed by atoms with Crippen LogP contribution in [-0.4, -0.2) is 0 Å². The van der Waals surface area contributed by atoms with Crippen LogP contribution in [0.25, 0.3) is 119 Å². The molecule has 0 unspecified atom stereocenters. The minimum atomic E-state index is 1.25. The maximum atomic E-state index is 2.45. The Balaban J connectivity index is 1.19. The number of rotatable bonds is 2. The molecule has 0 heterocycles. The third kappa shape index (κ3) is 3.40. The molecule has 0 fully saturated rings. The molecule has 0 heteroatoms. The van der Waals surface area contributed by atoms with Crippen LogP contribution in [0.4, 0.5) is 0 Å². The summed E-state index contributed by atoms with van der Waals surface area (Å²) >= 11 is 0. The van der Waals surface area contributed by atoms with E-state index in [2.05, 4.69) is 170 Å². The highest BCUT2D eigenvalue weighted by Crippen LogP contribution is 2.46. The van der Waals surface area contributed by atoms with Gasteiger partial charge in [0.05, 0.1) is 0 Å². The van der Waals surface area contributed by atoms with Crippen molar-refractivity contribution in [3.8, 4) is 22.3 Å². The van der Waals surface area contributed by atoms with Crippen molar-refractivity contribution >= 4 is 97.0 Å². The van der Waals surface area contributed by atoms with Crippen molar-refractivity contribution < 1.29 is 0 Å². The Hall–Kier alpha value is -6.50. The van der Waals surface area contributed by atoms with Crippen molar-refractivity contribution in [3.63, 3.8) is 0 Å². The van der Waals surface area contributed by atoms with Gasteiger partial charge in [0.15, 0.2) is 0 Å². The first-order chi connectivity index (χ1) is 24.8. The number of hydrogen-bond donors (Lipinski definition) is 0. The van der Waals surface area contributed by atoms with Gasteiger partial charge in [0.2, 0.25) is 0 Å². The predicted octanol–water partition coefficient (Wildman–Crippen LogP) is 14.3. The molecule has 0 N–H and O–H groups in total. The Kier molecular flexibility index (Phi) is 5.06. The average Bonchev–Trinajstić information content (AvgIpc) is 3.17. The molecule has 12 aromatic rings. The van der Waals surface area contributed by atoms with Gasteiger partial charge in [-0.3, -0.25) is 0 Å². The highest BCUT2D eigenvalue weighted by Gasteiger charge is 2.18. The van der Waals surface area contributed by atoms with E-state index < -0.39 is 0 Å². The van der Waals surface area contributed by atoms with Crippen molar-refractivity contribution in [1.82, 2.24) is 0 Å². The molecule has 12 rings (SSSR count). The predicted molar refractivity (Wildman–Crippen MR) is 217 cm³/mol. The van der Waals surface area contributed by atoms with Gasteiger partial charge in [-0.05, 0) is 143 Å². The molecule has 12 aromatic carbocycles. The summed E-state index contributed by atoms with van der Waals surface area (Å²) in [4.78, 5) is 0. The van der Waals surface area contributed by atoms with Gasteiger partial charge in [0.25, 0.3) is 0 Å². The average molecular weight is 629 g/mol. The molecule has 0 atom stereocenters. The lowest BCUT2D eigenvalue weighted by Crippen LogP contribution is -1.91. The second-order valence-corrected chi connectivity index (χ2v) is 14.0. The number of fused-ring (bicyclic) bond motifs is 5. The Bertz CT molecular complexity index is 3130. The molecule has 0 aliphatic rings. The van der Waals surface area contributed by atoms with Gasteiger partial charge in [-0.15, -0.1) is 0 Å². The fourth-order valence-electron chi connectivity index (χ4n) is 9.44. The van der Waals surface area contributed by atoms with Crippen molar-refractivity contribution in [1.29, 1.82) is 0 Å². The van der Waals surface area contributed by atoms with E-state index in [1.54, 1.807) is 0 Å². The summed E-state index contributed by atoms with van der Waals surface area (Å²) in [5, 5.41) is 23.7. The molecule has 0 spiro atoms. The number of benzene rings is 12. The van der Waals surface area contributed by atoms with Crippen LogP contribution in [0.5, 0.6) is 0 Å². The monoisotopic (exact) mass is 628 g/mol. The fourth-order valence-corrected chi connectivity index (χ4v) is 9.44. The fraction of sp³-hybridized carbons (Fsp3) is 0. The Morgan fingerprint density at radius 3 is 0.860 bits per heavy atom. The van der Waals surface area contributed by atoms with E-state index in [1.165, 1.54) is 119 Å². The molecule has 50 heavy (non-hydrogen) atoms. The topological polar surface area (TPSA) is 0 Å². The van der Waals surface area contributed by atoms with Crippen LogP contribution in [0, 0.1) is 0 Å². The lowest BCUT2D eigenvalue weighted by Gasteiger charge is -2.18. The van der Waals surface area contributed by atoms with Crippen LogP contribution in [0.1, 0.15) is 0 Å². The summed E-state index contributed by atoms with van der Waals surface area (Å²) in [5.41, 5.74) is 5.04. The number of hydrogen-bond acceptors (Lipinski definition) is 0. The Morgan fingerprint density at radius 1 is 0.200 bits per heavy atom. The maximum absolute atomic E-state index is 2.45. The van der Waals surface area contributed by atoms with E-state index in [0.717, 1.165) is 0 Å². The van der Waals surface area contributed by atoms with E-state index in [0.29, 0.717) is 0 Å². The van der Waals surface area contributed by atoms with Crippen LogP contribution in [0.2, 0.25) is 0 Å². The molecule has 0 saturated carbocycles. The van der Waals surface area contributed by atoms with E-state index >= 15 is 0 Å². The molecule has 0 radical (unpaired) electrons. The van der Waals surface area contributed by atoms with Crippen molar-refractivity contribution in [2.24, 2.45) is 0 Å². The zero-order valence-electron chi connectivity index (χ0n) is 27.2. The van der Waals surface area contributed by atoms with Crippen LogP contribution in [0.15, 0.2) is 170 Å². The van der Waals surface area contributed by atoms with Crippen LogP contribution in [-0.2, 0) is 0 Å². The molecule has 0 aliphatic carbocycles. The maximum Gasteiger partial charge on any atom is -0.00259 e. The second-order valence-electron chi connectivity index (χ2n) is 14.0. The van der Waals surface area contributed by atoms with Gasteiger partial charge >= 0.3 is 0 Å². The van der Waals surface area contributed by atoms with E-state index in [4.69, 9.17) is 0 Å². The zero-order valence-corrected chi connectivity index (χ0v) is 27.2. The smallest absolute Gasteiger partial charge is 0.00259 e. The van der Waals surface area contributed by atoms with Gasteiger partial charge in [-0.2, -0.15) is 0 Å². The molecule has 0 nitrogen and oxygen atoms in total. The minimum absolute atomic E-state index is 1.25. The first-order valence-corrected chi connectivity index (χ1v) is 17.5. The zero-order chi connectivity index (χ0) is 32.5. The molecule has 0 aliphatic heterocycles. The summed E-state index contributed by atoms with van der Waals surface area (Å²) in [7, 11) is 0. The lowest BCUT2D eigenvalue weighted by molar-refractivity contribution is 1.67. The quantitative estimate of drug-likeness (QED) is 0.132. The van der Waals surface area contributed by atoms with Gasteiger partial charge in [0.1, 0.15) is 0 Å². The first kappa shape index (κ1) is 26.5. The first-order valence-electron chi connectivity index (χ1n) is 17.5.